The minimum Gasteiger partial charge on any atom is -0.355 e. The molecule has 1 atom stereocenters. The van der Waals surface area contributed by atoms with Crippen molar-refractivity contribution in [3.8, 4) is 11.1 Å². The summed E-state index contributed by atoms with van der Waals surface area (Å²) >= 11 is 0. The summed E-state index contributed by atoms with van der Waals surface area (Å²) < 4.78 is 13.3. The molecule has 1 aliphatic rings. The van der Waals surface area contributed by atoms with Crippen LogP contribution >= 0.6 is 0 Å². The van der Waals surface area contributed by atoms with Crippen LogP contribution in [0.5, 0.6) is 0 Å². The second-order valence-corrected chi connectivity index (χ2v) is 7.56. The summed E-state index contributed by atoms with van der Waals surface area (Å²) in [5, 5.41) is 7.40. The number of hydrogen-bond donors (Lipinski definition) is 1. The van der Waals surface area contributed by atoms with Crippen molar-refractivity contribution in [2.45, 2.75) is 18.8 Å². The smallest absolute Gasteiger partial charge is 0.257 e. The van der Waals surface area contributed by atoms with Crippen LogP contribution in [0.1, 0.15) is 34.8 Å². The van der Waals surface area contributed by atoms with Crippen molar-refractivity contribution in [1.29, 1.82) is 0 Å². The van der Waals surface area contributed by atoms with Gasteiger partial charge in [-0.05, 0) is 42.7 Å². The first kappa shape index (κ1) is 19.1. The number of rotatable bonds is 4. The van der Waals surface area contributed by atoms with Crippen molar-refractivity contribution in [2.24, 2.45) is 0 Å². The normalized spacial score (nSPS) is 16.7. The van der Waals surface area contributed by atoms with Crippen LogP contribution < -0.4 is 4.90 Å². The maximum Gasteiger partial charge on any atom is 0.257 e. The SMILES string of the molecule is CN(C)C(=O)c1cccnc1N1CCC[C@@H](c2[nH]ncc2-c2ccc(F)cc2)C1. The van der Waals surface area contributed by atoms with Gasteiger partial charge in [-0.25, -0.2) is 9.37 Å². The molecule has 0 saturated carbocycles. The Morgan fingerprint density at radius 1 is 1.24 bits per heavy atom. The summed E-state index contributed by atoms with van der Waals surface area (Å²) in [4.78, 5) is 20.9. The first-order chi connectivity index (χ1) is 14.0. The number of H-pyrrole nitrogens is 1. The van der Waals surface area contributed by atoms with Gasteiger partial charge in [-0.3, -0.25) is 9.89 Å². The number of anilines is 1. The van der Waals surface area contributed by atoms with Crippen LogP contribution in [-0.2, 0) is 0 Å². The number of hydrogen-bond acceptors (Lipinski definition) is 4. The number of nitrogens with one attached hydrogen (secondary N) is 1. The van der Waals surface area contributed by atoms with E-state index >= 15 is 0 Å². The van der Waals surface area contributed by atoms with Gasteiger partial charge in [0.25, 0.3) is 5.91 Å². The lowest BCUT2D eigenvalue weighted by Crippen LogP contribution is -2.37. The van der Waals surface area contributed by atoms with E-state index in [1.807, 2.05) is 6.07 Å². The largest absolute Gasteiger partial charge is 0.355 e. The number of pyridine rings is 1. The Bertz CT molecular complexity index is 998. The minimum absolute atomic E-state index is 0.0521. The number of benzene rings is 1. The Labute approximate surface area is 169 Å². The van der Waals surface area contributed by atoms with E-state index in [1.165, 1.54) is 12.1 Å². The average molecular weight is 393 g/mol. The third kappa shape index (κ3) is 3.85. The molecular formula is C22H24FN5O. The van der Waals surface area contributed by atoms with Crippen molar-refractivity contribution in [1.82, 2.24) is 20.1 Å². The molecule has 1 N–H and O–H groups in total. The number of carbonyl (C=O) groups excluding carboxylic acids is 1. The minimum atomic E-state index is -0.254. The van der Waals surface area contributed by atoms with E-state index in [0.717, 1.165) is 48.6 Å². The van der Waals surface area contributed by atoms with Crippen LogP contribution in [0, 0.1) is 5.82 Å². The van der Waals surface area contributed by atoms with Crippen molar-refractivity contribution < 1.29 is 9.18 Å². The molecule has 1 fully saturated rings. The number of nitrogens with zero attached hydrogens (tertiary/aromatic N) is 4. The highest BCUT2D eigenvalue weighted by atomic mass is 19.1. The lowest BCUT2D eigenvalue weighted by atomic mass is 9.90. The number of aromatic nitrogens is 3. The van der Waals surface area contributed by atoms with E-state index in [1.54, 1.807) is 49.6 Å². The zero-order valence-electron chi connectivity index (χ0n) is 16.6. The second kappa shape index (κ2) is 8.03. The molecule has 29 heavy (non-hydrogen) atoms. The van der Waals surface area contributed by atoms with Crippen molar-refractivity contribution in [3.63, 3.8) is 0 Å². The van der Waals surface area contributed by atoms with Crippen molar-refractivity contribution in [3.05, 3.63) is 65.9 Å². The van der Waals surface area contributed by atoms with E-state index < -0.39 is 0 Å². The van der Waals surface area contributed by atoms with Gasteiger partial charge >= 0.3 is 0 Å². The number of piperidine rings is 1. The van der Waals surface area contributed by atoms with Crippen LogP contribution in [0.2, 0.25) is 0 Å². The number of aromatic amines is 1. The molecule has 1 aliphatic heterocycles. The molecule has 1 saturated heterocycles. The van der Waals surface area contributed by atoms with Crippen molar-refractivity contribution in [2.75, 3.05) is 32.1 Å². The van der Waals surface area contributed by atoms with E-state index in [9.17, 15) is 9.18 Å². The summed E-state index contributed by atoms with van der Waals surface area (Å²) in [5.74, 6) is 0.633. The molecule has 0 aliphatic carbocycles. The molecule has 3 aromatic rings. The molecule has 0 spiro atoms. The molecule has 1 aromatic carbocycles. The topological polar surface area (TPSA) is 65.1 Å². The molecule has 3 heterocycles. The van der Waals surface area contributed by atoms with Gasteiger partial charge in [0.2, 0.25) is 0 Å². The van der Waals surface area contributed by atoms with Gasteiger partial charge in [0, 0.05) is 50.6 Å². The third-order valence-corrected chi connectivity index (χ3v) is 5.38. The van der Waals surface area contributed by atoms with Gasteiger partial charge in [0.1, 0.15) is 11.6 Å². The van der Waals surface area contributed by atoms with E-state index in [-0.39, 0.29) is 17.6 Å². The molecule has 0 radical (unpaired) electrons. The summed E-state index contributed by atoms with van der Waals surface area (Å²) in [7, 11) is 3.50. The van der Waals surface area contributed by atoms with Gasteiger partial charge < -0.3 is 9.80 Å². The highest BCUT2D eigenvalue weighted by Crippen LogP contribution is 2.35. The van der Waals surface area contributed by atoms with Crippen LogP contribution in [0.4, 0.5) is 10.2 Å². The van der Waals surface area contributed by atoms with Gasteiger partial charge in [-0.1, -0.05) is 12.1 Å². The fourth-order valence-corrected chi connectivity index (χ4v) is 3.93. The number of amides is 1. The number of halogens is 1. The Morgan fingerprint density at radius 2 is 2.03 bits per heavy atom. The van der Waals surface area contributed by atoms with Crippen LogP contribution in [0.3, 0.4) is 0 Å². The highest BCUT2D eigenvalue weighted by molar-refractivity contribution is 5.98. The monoisotopic (exact) mass is 393 g/mol. The zero-order valence-corrected chi connectivity index (χ0v) is 16.6. The van der Waals surface area contributed by atoms with E-state index in [0.29, 0.717) is 5.56 Å². The van der Waals surface area contributed by atoms with E-state index in [4.69, 9.17) is 0 Å². The Balaban J connectivity index is 1.62. The standard InChI is InChI=1S/C22H24FN5O/c1-27(2)22(29)18-6-3-11-24-21(18)28-12-4-5-16(14-28)20-19(13-25-26-20)15-7-9-17(23)10-8-15/h3,6-11,13,16H,4-5,12,14H2,1-2H3,(H,25,26)/t16-/m1/s1. The molecule has 7 heteroatoms. The van der Waals surface area contributed by atoms with Gasteiger partial charge in [0.05, 0.1) is 11.8 Å². The van der Waals surface area contributed by atoms with Gasteiger partial charge in [0.15, 0.2) is 0 Å². The molecule has 4 rings (SSSR count). The Hall–Kier alpha value is -3.22. The summed E-state index contributed by atoms with van der Waals surface area (Å²) in [5.41, 5.74) is 3.58. The first-order valence-corrected chi connectivity index (χ1v) is 9.75. The summed E-state index contributed by atoms with van der Waals surface area (Å²) in [6.45, 7) is 1.59. The fraction of sp³-hybridized carbons (Fsp3) is 0.318. The Morgan fingerprint density at radius 3 is 2.79 bits per heavy atom. The molecule has 0 bridgehead atoms. The van der Waals surface area contributed by atoms with Crippen LogP contribution in [-0.4, -0.2) is 53.2 Å². The first-order valence-electron chi connectivity index (χ1n) is 9.75. The summed E-state index contributed by atoms with van der Waals surface area (Å²) in [6, 6.07) is 10.1. The quantitative estimate of drug-likeness (QED) is 0.734. The molecular weight excluding hydrogens is 369 g/mol. The lowest BCUT2D eigenvalue weighted by molar-refractivity contribution is 0.0827. The molecule has 0 unspecified atom stereocenters. The molecule has 6 nitrogen and oxygen atoms in total. The molecule has 150 valence electrons. The maximum atomic E-state index is 13.3. The maximum absolute atomic E-state index is 13.3. The average Bonchev–Trinajstić information content (AvgIpc) is 3.24. The molecule has 2 aromatic heterocycles. The Kier molecular flexibility index (Phi) is 5.29. The van der Waals surface area contributed by atoms with E-state index in [2.05, 4.69) is 20.1 Å². The van der Waals surface area contributed by atoms with Gasteiger partial charge in [-0.15, -0.1) is 0 Å². The van der Waals surface area contributed by atoms with Gasteiger partial charge in [-0.2, -0.15) is 5.10 Å². The second-order valence-electron chi connectivity index (χ2n) is 7.56. The third-order valence-electron chi connectivity index (χ3n) is 5.38. The predicted octanol–water partition coefficient (Wildman–Crippen LogP) is 3.70. The van der Waals surface area contributed by atoms with Crippen molar-refractivity contribution >= 4 is 11.7 Å². The zero-order chi connectivity index (χ0) is 20.4. The number of carbonyl (C=O) groups is 1. The van der Waals surface area contributed by atoms with Crippen LogP contribution in [0.25, 0.3) is 11.1 Å². The lowest BCUT2D eigenvalue weighted by Gasteiger charge is -2.34. The molecule has 1 amide bonds. The van der Waals surface area contributed by atoms with Crippen LogP contribution in [0.15, 0.2) is 48.8 Å². The fourth-order valence-electron chi connectivity index (χ4n) is 3.93. The predicted molar refractivity (Wildman–Crippen MR) is 110 cm³/mol. The summed E-state index contributed by atoms with van der Waals surface area (Å²) in [6.07, 6.45) is 5.52. The highest BCUT2D eigenvalue weighted by Gasteiger charge is 2.28.